The van der Waals surface area contributed by atoms with Gasteiger partial charge in [-0.05, 0) is 47.5 Å². The van der Waals surface area contributed by atoms with E-state index < -0.39 is 10.0 Å². The highest BCUT2D eigenvalue weighted by molar-refractivity contribution is 7.89. The molecule has 148 valence electrons. The Hall–Kier alpha value is -2.65. The highest BCUT2D eigenvalue weighted by Gasteiger charge is 2.15. The Kier molecular flexibility index (Phi) is 5.18. The fraction of sp³-hybridized carbons (Fsp3) is 0.0526. The summed E-state index contributed by atoms with van der Waals surface area (Å²) < 4.78 is 29.6. The number of fused-ring (bicyclic) bond motifs is 1. The van der Waals surface area contributed by atoms with Gasteiger partial charge in [0, 0.05) is 18.3 Å². The number of nitrogens with zero attached hydrogens (tertiary/aromatic N) is 3. The Bertz CT molecular complexity index is 1320. The number of nitrogens with one attached hydrogen (secondary N) is 1. The molecule has 0 aliphatic rings. The van der Waals surface area contributed by atoms with Crippen LogP contribution in [0.1, 0.15) is 5.56 Å². The summed E-state index contributed by atoms with van der Waals surface area (Å²) in [6.45, 7) is 0.0909. The molecule has 4 aromatic rings. The summed E-state index contributed by atoms with van der Waals surface area (Å²) >= 11 is 11.9. The van der Waals surface area contributed by atoms with Crippen LogP contribution in [0.15, 0.2) is 65.7 Å². The summed E-state index contributed by atoms with van der Waals surface area (Å²) in [6, 6.07) is 15.2. The summed E-state index contributed by atoms with van der Waals surface area (Å²) in [6.07, 6.45) is 1.74. The van der Waals surface area contributed by atoms with Crippen molar-refractivity contribution in [2.75, 3.05) is 5.73 Å². The number of benzene rings is 2. The van der Waals surface area contributed by atoms with Crippen molar-refractivity contribution in [3.05, 3.63) is 76.4 Å². The zero-order valence-corrected chi connectivity index (χ0v) is 17.2. The van der Waals surface area contributed by atoms with Crippen LogP contribution < -0.4 is 10.5 Å². The van der Waals surface area contributed by atoms with Gasteiger partial charge in [-0.15, -0.1) is 5.10 Å². The molecule has 0 radical (unpaired) electrons. The van der Waals surface area contributed by atoms with Crippen molar-refractivity contribution in [2.45, 2.75) is 11.4 Å². The standard InChI is InChI=1S/C19H15Cl2N5O2S/c20-16-6-4-12(8-17(16)21)10-23-29(27,28)15-3-1-2-13(9-15)14-5-7-18-24-19(22)25-26(18)11-14/h1-9,11,23H,10H2,(H2,22,25). The fourth-order valence-electron chi connectivity index (χ4n) is 2.83. The van der Waals surface area contributed by atoms with Crippen LogP contribution in [0.5, 0.6) is 0 Å². The molecule has 0 aliphatic heterocycles. The lowest BCUT2D eigenvalue weighted by Gasteiger charge is -2.09. The number of hydrogen-bond donors (Lipinski definition) is 2. The number of aromatic nitrogens is 3. The summed E-state index contributed by atoms with van der Waals surface area (Å²) in [5.74, 6) is 0.171. The molecule has 7 nitrogen and oxygen atoms in total. The minimum Gasteiger partial charge on any atom is -0.366 e. The van der Waals surface area contributed by atoms with Gasteiger partial charge in [0.25, 0.3) is 0 Å². The minimum absolute atomic E-state index is 0.0909. The van der Waals surface area contributed by atoms with Crippen molar-refractivity contribution in [3.8, 4) is 11.1 Å². The molecule has 0 spiro atoms. The molecule has 3 N–H and O–H groups in total. The molecule has 2 heterocycles. The molecule has 29 heavy (non-hydrogen) atoms. The van der Waals surface area contributed by atoms with Gasteiger partial charge in [0.05, 0.1) is 14.9 Å². The van der Waals surface area contributed by atoms with Crippen LogP contribution >= 0.6 is 23.2 Å². The van der Waals surface area contributed by atoms with E-state index in [1.807, 2.05) is 12.1 Å². The number of hydrogen-bond acceptors (Lipinski definition) is 5. The van der Waals surface area contributed by atoms with E-state index in [-0.39, 0.29) is 17.4 Å². The van der Waals surface area contributed by atoms with E-state index in [1.165, 1.54) is 6.07 Å². The highest BCUT2D eigenvalue weighted by atomic mass is 35.5. The molecular weight excluding hydrogens is 433 g/mol. The van der Waals surface area contributed by atoms with Gasteiger partial charge in [-0.2, -0.15) is 4.98 Å². The fourth-order valence-corrected chi connectivity index (χ4v) is 4.21. The number of nitrogens with two attached hydrogens (primary N) is 1. The first kappa shape index (κ1) is 19.7. The Balaban J connectivity index is 1.59. The zero-order chi connectivity index (χ0) is 20.6. The average molecular weight is 448 g/mol. The number of sulfonamides is 1. The van der Waals surface area contributed by atoms with Crippen molar-refractivity contribution >= 4 is 44.8 Å². The highest BCUT2D eigenvalue weighted by Crippen LogP contribution is 2.24. The van der Waals surface area contributed by atoms with E-state index >= 15 is 0 Å². The van der Waals surface area contributed by atoms with Gasteiger partial charge in [0.1, 0.15) is 0 Å². The molecule has 0 saturated heterocycles. The Labute approximate surface area is 177 Å². The predicted molar refractivity (Wildman–Crippen MR) is 113 cm³/mol. The van der Waals surface area contributed by atoms with Crippen molar-refractivity contribution in [1.82, 2.24) is 19.3 Å². The predicted octanol–water partition coefficient (Wildman–Crippen LogP) is 3.76. The van der Waals surface area contributed by atoms with Crippen LogP contribution in [-0.2, 0) is 16.6 Å². The summed E-state index contributed by atoms with van der Waals surface area (Å²) in [7, 11) is -3.73. The summed E-state index contributed by atoms with van der Waals surface area (Å²) in [5.41, 5.74) is 8.43. The molecule has 0 atom stereocenters. The maximum absolute atomic E-state index is 12.7. The Morgan fingerprint density at radius 1 is 1.00 bits per heavy atom. The van der Waals surface area contributed by atoms with Gasteiger partial charge >= 0.3 is 0 Å². The second kappa shape index (κ2) is 7.64. The van der Waals surface area contributed by atoms with Crippen molar-refractivity contribution < 1.29 is 8.42 Å². The second-order valence-corrected chi connectivity index (χ2v) is 8.87. The van der Waals surface area contributed by atoms with Gasteiger partial charge in [0.15, 0.2) is 5.65 Å². The number of rotatable bonds is 5. The molecule has 0 unspecified atom stereocenters. The molecule has 0 fully saturated rings. The topological polar surface area (TPSA) is 102 Å². The molecule has 0 aliphatic carbocycles. The Morgan fingerprint density at radius 3 is 2.62 bits per heavy atom. The number of halogens is 2. The summed E-state index contributed by atoms with van der Waals surface area (Å²) in [4.78, 5) is 4.22. The second-order valence-electron chi connectivity index (χ2n) is 6.29. The molecule has 0 saturated carbocycles. The van der Waals surface area contributed by atoms with Crippen molar-refractivity contribution in [3.63, 3.8) is 0 Å². The number of pyridine rings is 1. The van der Waals surface area contributed by atoms with E-state index in [0.717, 1.165) is 11.1 Å². The smallest absolute Gasteiger partial charge is 0.240 e. The van der Waals surface area contributed by atoms with Crippen LogP contribution in [0.25, 0.3) is 16.8 Å². The van der Waals surface area contributed by atoms with Crippen LogP contribution in [0, 0.1) is 0 Å². The minimum atomic E-state index is -3.73. The van der Waals surface area contributed by atoms with Crippen molar-refractivity contribution in [2.24, 2.45) is 0 Å². The zero-order valence-electron chi connectivity index (χ0n) is 14.9. The monoisotopic (exact) mass is 447 g/mol. The maximum Gasteiger partial charge on any atom is 0.240 e. The lowest BCUT2D eigenvalue weighted by Crippen LogP contribution is -2.23. The van der Waals surface area contributed by atoms with E-state index in [1.54, 1.807) is 47.1 Å². The lowest BCUT2D eigenvalue weighted by atomic mass is 10.1. The first-order chi connectivity index (χ1) is 13.8. The van der Waals surface area contributed by atoms with Crippen LogP contribution in [0.3, 0.4) is 0 Å². The van der Waals surface area contributed by atoms with Gasteiger partial charge in [-0.25, -0.2) is 17.7 Å². The SMILES string of the molecule is Nc1nc2ccc(-c3cccc(S(=O)(=O)NCc4ccc(Cl)c(Cl)c4)c3)cn2n1. The largest absolute Gasteiger partial charge is 0.366 e. The molecule has 2 aromatic heterocycles. The van der Waals surface area contributed by atoms with E-state index in [0.29, 0.717) is 21.3 Å². The first-order valence-corrected chi connectivity index (χ1v) is 10.7. The quantitative estimate of drug-likeness (QED) is 0.484. The van der Waals surface area contributed by atoms with E-state index in [9.17, 15) is 8.42 Å². The van der Waals surface area contributed by atoms with Crippen LogP contribution in [0.4, 0.5) is 5.95 Å². The lowest BCUT2D eigenvalue weighted by molar-refractivity contribution is 0.581. The van der Waals surface area contributed by atoms with Crippen molar-refractivity contribution in [1.29, 1.82) is 0 Å². The van der Waals surface area contributed by atoms with E-state index in [4.69, 9.17) is 28.9 Å². The van der Waals surface area contributed by atoms with Gasteiger partial charge in [-0.1, -0.05) is 41.4 Å². The third kappa shape index (κ3) is 4.20. The van der Waals surface area contributed by atoms with Crippen LogP contribution in [-0.4, -0.2) is 23.0 Å². The van der Waals surface area contributed by atoms with Gasteiger partial charge in [-0.3, -0.25) is 0 Å². The summed E-state index contributed by atoms with van der Waals surface area (Å²) in [5, 5.41) is 4.86. The first-order valence-electron chi connectivity index (χ1n) is 8.48. The van der Waals surface area contributed by atoms with Gasteiger partial charge < -0.3 is 5.73 Å². The molecule has 10 heteroatoms. The molecule has 2 aromatic carbocycles. The molecule has 4 rings (SSSR count). The van der Waals surface area contributed by atoms with E-state index in [2.05, 4.69) is 14.8 Å². The molecule has 0 amide bonds. The number of anilines is 1. The van der Waals surface area contributed by atoms with Crippen LogP contribution in [0.2, 0.25) is 10.0 Å². The Morgan fingerprint density at radius 2 is 1.83 bits per heavy atom. The maximum atomic E-state index is 12.7. The number of nitrogen functional groups attached to an aromatic ring is 1. The average Bonchev–Trinajstić information content (AvgIpc) is 3.08. The third-order valence-corrected chi connectivity index (χ3v) is 6.41. The molecule has 0 bridgehead atoms. The normalized spacial score (nSPS) is 11.8. The third-order valence-electron chi connectivity index (χ3n) is 4.28. The van der Waals surface area contributed by atoms with Gasteiger partial charge in [0.2, 0.25) is 16.0 Å². The molecular formula is C19H15Cl2N5O2S.